The number of hydrogen-bond donors (Lipinski definition) is 2. The number of nitrogens with one attached hydrogen (secondary N) is 2. The van der Waals surface area contributed by atoms with Crippen molar-refractivity contribution in [2.75, 3.05) is 5.32 Å². The van der Waals surface area contributed by atoms with Crippen LogP contribution in [-0.4, -0.2) is 21.3 Å². The highest BCUT2D eigenvalue weighted by atomic mass is 35.5. The number of rotatable bonds is 6. The summed E-state index contributed by atoms with van der Waals surface area (Å²) in [5.74, 6) is 0.179. The first-order valence-electron chi connectivity index (χ1n) is 10.2. The van der Waals surface area contributed by atoms with Gasteiger partial charge in [0.2, 0.25) is 0 Å². The quantitative estimate of drug-likeness (QED) is 0.224. The smallest absolute Gasteiger partial charge is 0.338 e. The second-order valence-electron chi connectivity index (χ2n) is 7.31. The summed E-state index contributed by atoms with van der Waals surface area (Å²) in [6.07, 6.45) is 1.68. The minimum absolute atomic E-state index is 0.190. The Morgan fingerprint density at radius 3 is 2.42 bits per heavy atom. The van der Waals surface area contributed by atoms with Gasteiger partial charge in [-0.25, -0.2) is 10.2 Å². The fourth-order valence-corrected chi connectivity index (χ4v) is 4.95. The van der Waals surface area contributed by atoms with Crippen molar-refractivity contribution >= 4 is 98.4 Å². The Morgan fingerprint density at radius 1 is 0.972 bits per heavy atom. The van der Waals surface area contributed by atoms with Crippen LogP contribution in [0.25, 0.3) is 6.08 Å². The van der Waals surface area contributed by atoms with E-state index in [0.717, 1.165) is 27.9 Å². The van der Waals surface area contributed by atoms with Crippen molar-refractivity contribution in [3.05, 3.63) is 96.8 Å². The van der Waals surface area contributed by atoms with Gasteiger partial charge in [-0.3, -0.25) is 4.79 Å². The zero-order valence-corrected chi connectivity index (χ0v) is 22.7. The van der Waals surface area contributed by atoms with Crippen LogP contribution in [0.4, 0.5) is 10.5 Å². The Labute approximate surface area is 236 Å². The Balaban J connectivity index is 1.36. The fourth-order valence-electron chi connectivity index (χ4n) is 3.01. The van der Waals surface area contributed by atoms with E-state index < -0.39 is 11.9 Å². The third kappa shape index (κ3) is 6.64. The van der Waals surface area contributed by atoms with Gasteiger partial charge in [0.05, 0.1) is 15.0 Å². The number of urea groups is 1. The first-order chi connectivity index (χ1) is 17.2. The highest BCUT2D eigenvalue weighted by molar-refractivity contribution is 8.26. The van der Waals surface area contributed by atoms with Gasteiger partial charge in [0.15, 0.2) is 4.32 Å². The molecule has 1 saturated heterocycles. The van der Waals surface area contributed by atoms with Gasteiger partial charge >= 0.3 is 6.03 Å². The van der Waals surface area contributed by atoms with Crippen molar-refractivity contribution in [1.29, 1.82) is 0 Å². The van der Waals surface area contributed by atoms with E-state index in [1.54, 1.807) is 60.7 Å². The number of hydrogen-bond acceptors (Lipinski definition) is 5. The molecule has 6 nitrogen and oxygen atoms in total. The summed E-state index contributed by atoms with van der Waals surface area (Å²) in [5.41, 5.74) is 4.41. The molecule has 4 rings (SSSR count). The Bertz CT molecular complexity index is 1380. The molecule has 184 valence electrons. The molecule has 0 bridgehead atoms. The number of halogens is 4. The number of thioether (sulfide) groups is 1. The van der Waals surface area contributed by atoms with Crippen molar-refractivity contribution in [2.45, 2.75) is 6.61 Å². The zero-order valence-electron chi connectivity index (χ0n) is 18.1. The van der Waals surface area contributed by atoms with Gasteiger partial charge in [-0.05, 0) is 66.3 Å². The Morgan fingerprint density at radius 2 is 1.72 bits per heavy atom. The molecule has 3 aromatic carbocycles. The van der Waals surface area contributed by atoms with Crippen LogP contribution < -0.4 is 15.5 Å². The number of carbonyl (C=O) groups is 2. The first kappa shape index (κ1) is 26.6. The summed E-state index contributed by atoms with van der Waals surface area (Å²) in [7, 11) is 0. The molecule has 0 aliphatic carbocycles. The topological polar surface area (TPSA) is 70.7 Å². The van der Waals surface area contributed by atoms with Crippen LogP contribution in [-0.2, 0) is 11.4 Å². The van der Waals surface area contributed by atoms with Crippen LogP contribution in [0.1, 0.15) is 11.1 Å². The van der Waals surface area contributed by atoms with Gasteiger partial charge < -0.3 is 10.1 Å². The van der Waals surface area contributed by atoms with E-state index in [1.165, 1.54) is 6.07 Å². The molecular weight excluding hydrogens is 584 g/mol. The number of anilines is 1. The van der Waals surface area contributed by atoms with E-state index in [2.05, 4.69) is 10.7 Å². The van der Waals surface area contributed by atoms with Crippen molar-refractivity contribution < 1.29 is 14.3 Å². The van der Waals surface area contributed by atoms with Gasteiger partial charge in [-0.15, -0.1) is 0 Å². The summed E-state index contributed by atoms with van der Waals surface area (Å²) < 4.78 is 5.97. The monoisotopic (exact) mass is 597 g/mol. The van der Waals surface area contributed by atoms with Crippen molar-refractivity contribution in [3.63, 3.8) is 0 Å². The molecule has 1 fully saturated rings. The summed E-state index contributed by atoms with van der Waals surface area (Å²) in [4.78, 5) is 25.5. The van der Waals surface area contributed by atoms with Gasteiger partial charge in [-0.1, -0.05) is 76.4 Å². The first-order valence-corrected chi connectivity index (χ1v) is 12.9. The molecule has 0 atom stereocenters. The van der Waals surface area contributed by atoms with Crippen molar-refractivity contribution in [2.24, 2.45) is 0 Å². The molecule has 0 saturated carbocycles. The number of nitrogens with zero attached hydrogens (tertiary/aromatic N) is 1. The maximum Gasteiger partial charge on any atom is 0.338 e. The van der Waals surface area contributed by atoms with E-state index in [4.69, 9.17) is 63.4 Å². The molecule has 1 heterocycles. The zero-order chi connectivity index (χ0) is 25.8. The van der Waals surface area contributed by atoms with Gasteiger partial charge in [0, 0.05) is 21.3 Å². The molecule has 0 radical (unpaired) electrons. The molecular formula is C24H15Cl4N3O3S2. The SMILES string of the molecule is O=C(Nc1ccc(Cl)c(Cl)c1)NN1C(=O)/C(=C\c2ccc(OCc3ccc(Cl)cc3Cl)cc2)SC1=S. The van der Waals surface area contributed by atoms with E-state index in [9.17, 15) is 9.59 Å². The fraction of sp³-hybridized carbons (Fsp3) is 0.0417. The molecule has 12 heteroatoms. The molecule has 3 aromatic rings. The van der Waals surface area contributed by atoms with Crippen LogP contribution >= 0.6 is 70.4 Å². The van der Waals surface area contributed by atoms with E-state index in [1.807, 2.05) is 0 Å². The minimum Gasteiger partial charge on any atom is -0.489 e. The highest BCUT2D eigenvalue weighted by Gasteiger charge is 2.33. The van der Waals surface area contributed by atoms with Gasteiger partial charge in [-0.2, -0.15) is 5.01 Å². The summed E-state index contributed by atoms with van der Waals surface area (Å²) in [6, 6.07) is 16.3. The highest BCUT2D eigenvalue weighted by Crippen LogP contribution is 2.32. The summed E-state index contributed by atoms with van der Waals surface area (Å²) in [5, 5.41) is 5.31. The molecule has 3 amide bonds. The predicted octanol–water partition coefficient (Wildman–Crippen LogP) is 7.82. The normalized spacial score (nSPS) is 14.3. The molecule has 36 heavy (non-hydrogen) atoms. The van der Waals surface area contributed by atoms with E-state index in [-0.39, 0.29) is 16.0 Å². The average molecular weight is 599 g/mol. The predicted molar refractivity (Wildman–Crippen MR) is 151 cm³/mol. The second-order valence-corrected chi connectivity index (χ2v) is 10.6. The van der Waals surface area contributed by atoms with Crippen LogP contribution in [0, 0.1) is 0 Å². The Kier molecular flexibility index (Phi) is 8.66. The lowest BCUT2D eigenvalue weighted by Crippen LogP contribution is -2.46. The maximum atomic E-state index is 12.8. The number of thiocarbonyl (C=S) groups is 1. The summed E-state index contributed by atoms with van der Waals surface area (Å²) in [6.45, 7) is 0.282. The maximum absolute atomic E-state index is 12.8. The molecule has 0 spiro atoms. The standard InChI is InChI=1S/C24H15Cl4N3O3S2/c25-15-4-3-14(19(27)10-15)12-34-17-6-1-13(2-7-17)9-21-22(32)31(24(35)36-21)30-23(33)29-16-5-8-18(26)20(28)11-16/h1-11H,12H2,(H2,29,30,33)/b21-9+. The third-order valence-electron chi connectivity index (χ3n) is 4.77. The summed E-state index contributed by atoms with van der Waals surface area (Å²) >= 11 is 30.3. The van der Waals surface area contributed by atoms with E-state index in [0.29, 0.717) is 31.4 Å². The average Bonchev–Trinajstić information content (AvgIpc) is 3.09. The third-order valence-corrected chi connectivity index (χ3v) is 7.40. The molecule has 1 aliphatic rings. The van der Waals surface area contributed by atoms with E-state index >= 15 is 0 Å². The van der Waals surface area contributed by atoms with Crippen LogP contribution in [0.2, 0.25) is 20.1 Å². The second kappa shape index (κ2) is 11.7. The lowest BCUT2D eigenvalue weighted by molar-refractivity contribution is -0.123. The number of carbonyl (C=O) groups excluding carboxylic acids is 2. The Hall–Kier alpha value is -2.46. The largest absolute Gasteiger partial charge is 0.489 e. The number of benzene rings is 3. The lowest BCUT2D eigenvalue weighted by Gasteiger charge is -2.16. The lowest BCUT2D eigenvalue weighted by atomic mass is 10.2. The number of hydrazine groups is 1. The minimum atomic E-state index is -0.659. The van der Waals surface area contributed by atoms with Gasteiger partial charge in [0.25, 0.3) is 5.91 Å². The number of ether oxygens (including phenoxy) is 1. The molecule has 0 aromatic heterocycles. The number of amides is 3. The van der Waals surface area contributed by atoms with Crippen LogP contribution in [0.3, 0.4) is 0 Å². The van der Waals surface area contributed by atoms with Crippen LogP contribution in [0.5, 0.6) is 5.75 Å². The van der Waals surface area contributed by atoms with Gasteiger partial charge in [0.1, 0.15) is 12.4 Å². The molecule has 0 unspecified atom stereocenters. The van der Waals surface area contributed by atoms with Crippen LogP contribution in [0.15, 0.2) is 65.6 Å². The van der Waals surface area contributed by atoms with Crippen molar-refractivity contribution in [3.8, 4) is 5.75 Å². The molecule has 2 N–H and O–H groups in total. The van der Waals surface area contributed by atoms with Crippen molar-refractivity contribution in [1.82, 2.24) is 10.4 Å². The molecule has 1 aliphatic heterocycles.